The zero-order valence-corrected chi connectivity index (χ0v) is 19.1. The summed E-state index contributed by atoms with van der Waals surface area (Å²) in [6.07, 6.45) is 0.758. The van der Waals surface area contributed by atoms with Crippen LogP contribution in [0.25, 0.3) is 10.8 Å². The van der Waals surface area contributed by atoms with Gasteiger partial charge in [0, 0.05) is 44.4 Å². The number of hydrogen-bond acceptors (Lipinski definition) is 4. The summed E-state index contributed by atoms with van der Waals surface area (Å²) in [6.45, 7) is 3.22. The molecule has 3 aromatic rings. The zero-order chi connectivity index (χ0) is 22.3. The lowest BCUT2D eigenvalue weighted by Crippen LogP contribution is -2.43. The number of rotatable bonds is 9. The quantitative estimate of drug-likeness (QED) is 0.483. The molecule has 3 aromatic carbocycles. The van der Waals surface area contributed by atoms with E-state index in [9.17, 15) is 4.79 Å². The minimum absolute atomic E-state index is 0.0450. The van der Waals surface area contributed by atoms with Crippen LogP contribution in [-0.2, 0) is 22.6 Å². The van der Waals surface area contributed by atoms with Gasteiger partial charge in [0.1, 0.15) is 0 Å². The van der Waals surface area contributed by atoms with E-state index in [2.05, 4.69) is 58.0 Å². The van der Waals surface area contributed by atoms with Crippen molar-refractivity contribution in [2.45, 2.75) is 31.6 Å². The van der Waals surface area contributed by atoms with Gasteiger partial charge in [-0.25, -0.2) is 0 Å². The van der Waals surface area contributed by atoms with Crippen molar-refractivity contribution in [3.63, 3.8) is 0 Å². The summed E-state index contributed by atoms with van der Waals surface area (Å²) in [5.74, 6) is 0.0450. The fourth-order valence-electron chi connectivity index (χ4n) is 4.44. The molecule has 1 amide bonds. The fourth-order valence-corrected chi connectivity index (χ4v) is 4.63. The Morgan fingerprint density at radius 3 is 2.66 bits per heavy atom. The van der Waals surface area contributed by atoms with Crippen molar-refractivity contribution in [3.8, 4) is 0 Å². The lowest BCUT2D eigenvalue weighted by Gasteiger charge is -2.24. The first-order chi connectivity index (χ1) is 15.7. The third-order valence-corrected chi connectivity index (χ3v) is 6.47. The summed E-state index contributed by atoms with van der Waals surface area (Å²) in [4.78, 5) is 15.2. The monoisotopic (exact) mass is 451 g/mol. The van der Waals surface area contributed by atoms with Gasteiger partial charge in [-0.05, 0) is 34.4 Å². The number of nitrogens with one attached hydrogen (secondary N) is 2. The summed E-state index contributed by atoms with van der Waals surface area (Å²) in [5.41, 5.74) is 2.31. The van der Waals surface area contributed by atoms with Crippen molar-refractivity contribution in [1.82, 2.24) is 15.5 Å². The van der Waals surface area contributed by atoms with Crippen molar-refractivity contribution < 1.29 is 9.53 Å². The molecule has 0 aromatic heterocycles. The molecule has 0 spiro atoms. The van der Waals surface area contributed by atoms with Crippen LogP contribution in [0.2, 0.25) is 5.02 Å². The number of carbonyl (C=O) groups excluding carboxylic acids is 1. The molecule has 0 saturated carbocycles. The molecule has 168 valence electrons. The minimum Gasteiger partial charge on any atom is -0.383 e. The van der Waals surface area contributed by atoms with Crippen molar-refractivity contribution >= 4 is 28.3 Å². The van der Waals surface area contributed by atoms with E-state index in [1.165, 1.54) is 16.3 Å². The third kappa shape index (κ3) is 5.48. The molecule has 1 aliphatic heterocycles. The Morgan fingerprint density at radius 1 is 1.06 bits per heavy atom. The summed E-state index contributed by atoms with van der Waals surface area (Å²) < 4.78 is 5.08. The van der Waals surface area contributed by atoms with Gasteiger partial charge in [0.15, 0.2) is 0 Å². The largest absolute Gasteiger partial charge is 0.383 e. The second kappa shape index (κ2) is 10.9. The van der Waals surface area contributed by atoms with Gasteiger partial charge in [0.05, 0.1) is 12.6 Å². The summed E-state index contributed by atoms with van der Waals surface area (Å²) >= 11 is 6.41. The first-order valence-electron chi connectivity index (χ1n) is 11.1. The Labute approximate surface area is 194 Å². The van der Waals surface area contributed by atoms with E-state index in [1.54, 1.807) is 7.11 Å². The van der Waals surface area contributed by atoms with Crippen molar-refractivity contribution in [1.29, 1.82) is 0 Å². The lowest BCUT2D eigenvalue weighted by molar-refractivity contribution is -0.125. The zero-order valence-electron chi connectivity index (χ0n) is 18.4. The van der Waals surface area contributed by atoms with Crippen molar-refractivity contribution in [2.75, 3.05) is 26.8 Å². The molecule has 32 heavy (non-hydrogen) atoms. The number of likely N-dealkylation sites (tertiary alicyclic amines) is 1. The molecular weight excluding hydrogens is 422 g/mol. The molecular formula is C26H30ClN3O2. The van der Waals surface area contributed by atoms with Crippen LogP contribution in [0, 0.1) is 0 Å². The number of ether oxygens (including phenoxy) is 1. The maximum atomic E-state index is 12.9. The van der Waals surface area contributed by atoms with Crippen LogP contribution in [0.15, 0.2) is 66.7 Å². The highest BCUT2D eigenvalue weighted by Crippen LogP contribution is 2.25. The lowest BCUT2D eigenvalue weighted by atomic mass is 10.0. The molecule has 2 atom stereocenters. The average molecular weight is 452 g/mol. The Hall–Kier alpha value is -2.44. The van der Waals surface area contributed by atoms with E-state index in [0.29, 0.717) is 19.7 Å². The van der Waals surface area contributed by atoms with Crippen LogP contribution in [0.3, 0.4) is 0 Å². The number of benzene rings is 3. The second-order valence-corrected chi connectivity index (χ2v) is 8.68. The van der Waals surface area contributed by atoms with Crippen LogP contribution in [0.4, 0.5) is 0 Å². The third-order valence-electron chi connectivity index (χ3n) is 6.10. The smallest absolute Gasteiger partial charge is 0.237 e. The first kappa shape index (κ1) is 22.7. The Morgan fingerprint density at radius 2 is 1.81 bits per heavy atom. The van der Waals surface area contributed by atoms with Gasteiger partial charge < -0.3 is 15.4 Å². The van der Waals surface area contributed by atoms with E-state index in [4.69, 9.17) is 16.3 Å². The van der Waals surface area contributed by atoms with E-state index < -0.39 is 0 Å². The molecule has 1 heterocycles. The number of carbonyl (C=O) groups is 1. The van der Waals surface area contributed by atoms with Crippen LogP contribution in [0.5, 0.6) is 0 Å². The molecule has 1 saturated heterocycles. The molecule has 6 heteroatoms. The normalized spacial score (nSPS) is 18.8. The molecule has 0 radical (unpaired) electrons. The number of fused-ring (bicyclic) bond motifs is 1. The maximum Gasteiger partial charge on any atom is 0.237 e. The van der Waals surface area contributed by atoms with Gasteiger partial charge in [0.2, 0.25) is 5.91 Å². The van der Waals surface area contributed by atoms with Crippen molar-refractivity contribution in [3.05, 3.63) is 82.9 Å². The van der Waals surface area contributed by atoms with E-state index in [1.807, 2.05) is 24.3 Å². The molecule has 0 aliphatic carbocycles. The van der Waals surface area contributed by atoms with E-state index in [-0.39, 0.29) is 18.0 Å². The maximum absolute atomic E-state index is 12.9. The van der Waals surface area contributed by atoms with Gasteiger partial charge in [0.25, 0.3) is 0 Å². The molecule has 4 rings (SSSR count). The Kier molecular flexibility index (Phi) is 7.76. The van der Waals surface area contributed by atoms with E-state index in [0.717, 1.165) is 30.1 Å². The van der Waals surface area contributed by atoms with Gasteiger partial charge in [-0.3, -0.25) is 9.69 Å². The first-order valence-corrected chi connectivity index (χ1v) is 11.5. The molecule has 1 fully saturated rings. The van der Waals surface area contributed by atoms with Crippen LogP contribution >= 0.6 is 11.6 Å². The standard InChI is InChI=1S/C26H30ClN3O2/c1-32-14-13-28-26(31)25-15-22(18-30(25)17-21-8-3-5-12-24(21)27)29-16-20-10-6-9-19-7-2-4-11-23(19)20/h2-12,22,25,29H,13-18H2,1H3,(H,28,31)/t22-,25-/m0/s1. The Bertz CT molecular complexity index is 1050. The topological polar surface area (TPSA) is 53.6 Å². The SMILES string of the molecule is COCCNC(=O)[C@@H]1C[C@H](NCc2cccc3ccccc23)CN1Cc1ccccc1Cl. The van der Waals surface area contributed by atoms with E-state index >= 15 is 0 Å². The van der Waals surface area contributed by atoms with Gasteiger partial charge in [-0.2, -0.15) is 0 Å². The number of methoxy groups -OCH3 is 1. The Balaban J connectivity index is 1.45. The predicted molar refractivity (Wildman–Crippen MR) is 130 cm³/mol. The minimum atomic E-state index is -0.201. The highest BCUT2D eigenvalue weighted by atomic mass is 35.5. The van der Waals surface area contributed by atoms with Crippen LogP contribution < -0.4 is 10.6 Å². The fraction of sp³-hybridized carbons (Fsp3) is 0.346. The number of hydrogen-bond donors (Lipinski definition) is 2. The molecule has 2 N–H and O–H groups in total. The van der Waals surface area contributed by atoms with Gasteiger partial charge in [-0.15, -0.1) is 0 Å². The summed E-state index contributed by atoms with van der Waals surface area (Å²) in [5, 5.41) is 9.95. The molecule has 0 bridgehead atoms. The predicted octanol–water partition coefficient (Wildman–Crippen LogP) is 3.99. The number of amides is 1. The average Bonchev–Trinajstić information content (AvgIpc) is 3.22. The van der Waals surface area contributed by atoms with Crippen LogP contribution in [0.1, 0.15) is 17.5 Å². The van der Waals surface area contributed by atoms with Gasteiger partial charge >= 0.3 is 0 Å². The van der Waals surface area contributed by atoms with Crippen molar-refractivity contribution in [2.24, 2.45) is 0 Å². The second-order valence-electron chi connectivity index (χ2n) is 8.27. The highest BCUT2D eigenvalue weighted by molar-refractivity contribution is 6.31. The highest BCUT2D eigenvalue weighted by Gasteiger charge is 2.36. The van der Waals surface area contributed by atoms with Gasteiger partial charge in [-0.1, -0.05) is 72.3 Å². The summed E-state index contributed by atoms with van der Waals surface area (Å²) in [7, 11) is 1.64. The van der Waals surface area contributed by atoms with Crippen LogP contribution in [-0.4, -0.2) is 49.7 Å². The molecule has 5 nitrogen and oxygen atoms in total. The number of halogens is 1. The molecule has 1 aliphatic rings. The molecule has 0 unspecified atom stereocenters. The summed E-state index contributed by atoms with van der Waals surface area (Å²) in [6, 6.07) is 22.7. The number of nitrogens with zero attached hydrogens (tertiary/aromatic N) is 1.